The summed E-state index contributed by atoms with van der Waals surface area (Å²) in [6.07, 6.45) is 2.08. The molecule has 0 amide bonds. The first-order valence-corrected chi connectivity index (χ1v) is 4.65. The Balaban J connectivity index is 2.48. The van der Waals surface area contributed by atoms with E-state index >= 15 is 0 Å². The Labute approximate surface area is 86.2 Å². The minimum Gasteiger partial charge on any atom is -0.449 e. The summed E-state index contributed by atoms with van der Waals surface area (Å²) in [5.74, 6) is 0.233. The zero-order valence-electron chi connectivity index (χ0n) is 8.49. The highest BCUT2D eigenvalue weighted by Crippen LogP contribution is 2.14. The average Bonchev–Trinajstić information content (AvgIpc) is 2.64. The molecule has 0 fully saturated rings. The molecule has 0 atom stereocenters. The van der Waals surface area contributed by atoms with Crippen molar-refractivity contribution in [2.75, 3.05) is 0 Å². The molecule has 0 N–H and O–H groups in total. The van der Waals surface area contributed by atoms with Gasteiger partial charge >= 0.3 is 0 Å². The molecule has 78 valence electrons. The third-order valence-electron chi connectivity index (χ3n) is 1.96. The van der Waals surface area contributed by atoms with Gasteiger partial charge < -0.3 is 4.42 Å². The van der Waals surface area contributed by atoms with Gasteiger partial charge in [0.05, 0.1) is 0 Å². The molecule has 0 saturated carbocycles. The number of rotatable bonds is 2. The molecular weight excluding hydrogens is 197 g/mol. The molecule has 0 aliphatic carbocycles. The van der Waals surface area contributed by atoms with Crippen molar-refractivity contribution in [3.63, 3.8) is 0 Å². The van der Waals surface area contributed by atoms with Gasteiger partial charge in [-0.15, -0.1) is 0 Å². The smallest absolute Gasteiger partial charge is 0.216 e. The van der Waals surface area contributed by atoms with Gasteiger partial charge in [-0.1, -0.05) is 6.92 Å². The summed E-state index contributed by atoms with van der Waals surface area (Å²) >= 11 is 0. The largest absolute Gasteiger partial charge is 0.449 e. The molecular formula is C10H10FN3O. The van der Waals surface area contributed by atoms with Gasteiger partial charge in [-0.05, 0) is 6.42 Å². The van der Waals surface area contributed by atoms with Crippen molar-refractivity contribution >= 4 is 0 Å². The van der Waals surface area contributed by atoms with Gasteiger partial charge in [-0.2, -0.15) is 9.37 Å². The molecule has 2 aromatic rings. The van der Waals surface area contributed by atoms with Crippen molar-refractivity contribution in [1.82, 2.24) is 15.0 Å². The number of hydrogen-bond donors (Lipinski definition) is 0. The van der Waals surface area contributed by atoms with E-state index in [0.717, 1.165) is 0 Å². The van der Waals surface area contributed by atoms with E-state index in [0.29, 0.717) is 23.7 Å². The van der Waals surface area contributed by atoms with E-state index in [-0.39, 0.29) is 5.82 Å². The highest BCUT2D eigenvalue weighted by molar-refractivity contribution is 5.46. The summed E-state index contributed by atoms with van der Waals surface area (Å²) in [5.41, 5.74) is 1.11. The van der Waals surface area contributed by atoms with E-state index in [9.17, 15) is 4.39 Å². The molecule has 0 aromatic carbocycles. The van der Waals surface area contributed by atoms with Crippen molar-refractivity contribution in [1.29, 1.82) is 0 Å². The van der Waals surface area contributed by atoms with Crippen molar-refractivity contribution < 1.29 is 8.81 Å². The van der Waals surface area contributed by atoms with Gasteiger partial charge in [0.25, 0.3) is 0 Å². The number of nitrogens with zero attached hydrogens (tertiary/aromatic N) is 3. The highest BCUT2D eigenvalue weighted by Gasteiger charge is 2.09. The van der Waals surface area contributed by atoms with Crippen molar-refractivity contribution in [3.05, 3.63) is 29.9 Å². The lowest BCUT2D eigenvalue weighted by Crippen LogP contribution is -1.97. The summed E-state index contributed by atoms with van der Waals surface area (Å²) in [7, 11) is 0. The summed E-state index contributed by atoms with van der Waals surface area (Å²) in [4.78, 5) is 11.9. The lowest BCUT2D eigenvalue weighted by atomic mass is 10.3. The zero-order chi connectivity index (χ0) is 10.8. The lowest BCUT2D eigenvalue weighted by Gasteiger charge is -1.98. The standard InChI is InChI=1S/C10H10FN3O/c1-3-7-4-9(11)14-10(13-7)8-5-15-6(2)12-8/h4-5H,3H2,1-2H3. The van der Waals surface area contributed by atoms with Gasteiger partial charge in [-0.3, -0.25) is 0 Å². The summed E-state index contributed by atoms with van der Waals surface area (Å²) in [6.45, 7) is 3.61. The minimum atomic E-state index is -0.544. The van der Waals surface area contributed by atoms with E-state index in [1.54, 1.807) is 6.92 Å². The molecule has 0 radical (unpaired) electrons. The second kappa shape index (κ2) is 3.76. The van der Waals surface area contributed by atoms with Gasteiger partial charge in [0.15, 0.2) is 11.7 Å². The Bertz CT molecular complexity index is 481. The maximum Gasteiger partial charge on any atom is 0.216 e. The van der Waals surface area contributed by atoms with Gasteiger partial charge in [0.1, 0.15) is 12.0 Å². The van der Waals surface area contributed by atoms with Gasteiger partial charge in [0, 0.05) is 18.7 Å². The first kappa shape index (κ1) is 9.76. The number of halogens is 1. The number of aromatic nitrogens is 3. The van der Waals surface area contributed by atoms with Crippen LogP contribution in [0.1, 0.15) is 18.5 Å². The van der Waals surface area contributed by atoms with E-state index in [1.165, 1.54) is 12.3 Å². The van der Waals surface area contributed by atoms with Gasteiger partial charge in [-0.25, -0.2) is 9.97 Å². The molecule has 15 heavy (non-hydrogen) atoms. The maximum absolute atomic E-state index is 13.1. The Morgan fingerprint density at radius 1 is 1.33 bits per heavy atom. The molecule has 0 saturated heterocycles. The van der Waals surface area contributed by atoms with Crippen LogP contribution in [0.4, 0.5) is 4.39 Å². The number of aryl methyl sites for hydroxylation is 2. The Morgan fingerprint density at radius 3 is 2.73 bits per heavy atom. The summed E-state index contributed by atoms with van der Waals surface area (Å²) < 4.78 is 18.1. The van der Waals surface area contributed by atoms with E-state index in [4.69, 9.17) is 4.42 Å². The molecule has 2 aromatic heterocycles. The Morgan fingerprint density at radius 2 is 2.13 bits per heavy atom. The van der Waals surface area contributed by atoms with E-state index in [1.807, 2.05) is 6.92 Å². The average molecular weight is 207 g/mol. The number of hydrogen-bond acceptors (Lipinski definition) is 4. The molecule has 2 rings (SSSR count). The topological polar surface area (TPSA) is 51.8 Å². The molecule has 0 bridgehead atoms. The zero-order valence-corrected chi connectivity index (χ0v) is 8.49. The second-order valence-electron chi connectivity index (χ2n) is 3.11. The minimum absolute atomic E-state index is 0.267. The molecule has 0 unspecified atom stereocenters. The lowest BCUT2D eigenvalue weighted by molar-refractivity contribution is 0.521. The predicted molar refractivity (Wildman–Crippen MR) is 51.6 cm³/mol. The Kier molecular flexibility index (Phi) is 2.45. The maximum atomic E-state index is 13.1. The monoisotopic (exact) mass is 207 g/mol. The first-order valence-electron chi connectivity index (χ1n) is 4.65. The third-order valence-corrected chi connectivity index (χ3v) is 1.96. The first-order chi connectivity index (χ1) is 7.19. The number of oxazole rings is 1. The van der Waals surface area contributed by atoms with Crippen LogP contribution in [-0.2, 0) is 6.42 Å². The van der Waals surface area contributed by atoms with Crippen LogP contribution in [0, 0.1) is 12.9 Å². The van der Waals surface area contributed by atoms with E-state index < -0.39 is 5.95 Å². The SMILES string of the molecule is CCc1cc(F)nc(-c2coc(C)n2)n1. The normalized spacial score (nSPS) is 10.6. The van der Waals surface area contributed by atoms with Crippen LogP contribution in [0.25, 0.3) is 11.5 Å². The van der Waals surface area contributed by atoms with Crippen molar-refractivity contribution in [2.45, 2.75) is 20.3 Å². The molecule has 0 aliphatic heterocycles. The fourth-order valence-electron chi connectivity index (χ4n) is 1.23. The highest BCUT2D eigenvalue weighted by atomic mass is 19.1. The summed E-state index contributed by atoms with van der Waals surface area (Å²) in [5, 5.41) is 0. The van der Waals surface area contributed by atoms with Crippen LogP contribution in [-0.4, -0.2) is 15.0 Å². The van der Waals surface area contributed by atoms with Gasteiger partial charge in [0.2, 0.25) is 5.95 Å². The van der Waals surface area contributed by atoms with Crippen LogP contribution < -0.4 is 0 Å². The summed E-state index contributed by atoms with van der Waals surface area (Å²) in [6, 6.07) is 1.32. The molecule has 5 heteroatoms. The van der Waals surface area contributed by atoms with Crippen LogP contribution in [0.15, 0.2) is 16.7 Å². The molecule has 4 nitrogen and oxygen atoms in total. The Hall–Kier alpha value is -1.78. The molecule has 0 aliphatic rings. The van der Waals surface area contributed by atoms with Crippen LogP contribution >= 0.6 is 0 Å². The van der Waals surface area contributed by atoms with Crippen LogP contribution in [0.5, 0.6) is 0 Å². The molecule has 2 heterocycles. The predicted octanol–water partition coefficient (Wildman–Crippen LogP) is 2.14. The van der Waals surface area contributed by atoms with Crippen LogP contribution in [0.3, 0.4) is 0 Å². The van der Waals surface area contributed by atoms with E-state index in [2.05, 4.69) is 15.0 Å². The fourth-order valence-corrected chi connectivity index (χ4v) is 1.23. The van der Waals surface area contributed by atoms with Crippen molar-refractivity contribution in [2.24, 2.45) is 0 Å². The second-order valence-corrected chi connectivity index (χ2v) is 3.11. The third kappa shape index (κ3) is 2.01. The van der Waals surface area contributed by atoms with Crippen molar-refractivity contribution in [3.8, 4) is 11.5 Å². The molecule has 0 spiro atoms. The van der Waals surface area contributed by atoms with Crippen LogP contribution in [0.2, 0.25) is 0 Å². The quantitative estimate of drug-likeness (QED) is 0.708. The fraction of sp³-hybridized carbons (Fsp3) is 0.300.